The first-order valence-corrected chi connectivity index (χ1v) is 9.84. The van der Waals surface area contributed by atoms with Gasteiger partial charge in [-0.15, -0.1) is 0 Å². The van der Waals surface area contributed by atoms with E-state index in [1.165, 1.54) is 0 Å². The Labute approximate surface area is 134 Å². The van der Waals surface area contributed by atoms with Gasteiger partial charge in [0.05, 0.1) is 0 Å². The minimum absolute atomic E-state index is 0.0999. The molecule has 0 saturated carbocycles. The molecule has 2 rings (SSSR count). The van der Waals surface area contributed by atoms with Gasteiger partial charge in [-0.1, -0.05) is 19.1 Å². The van der Waals surface area contributed by atoms with Crippen molar-refractivity contribution in [3.63, 3.8) is 0 Å². The molecule has 0 amide bonds. The van der Waals surface area contributed by atoms with Crippen molar-refractivity contribution in [2.24, 2.45) is 5.73 Å². The Morgan fingerprint density at radius 3 is 2.90 bits per heavy atom. The van der Waals surface area contributed by atoms with Crippen LogP contribution in [0, 0.1) is 6.92 Å². The third-order valence-electron chi connectivity index (χ3n) is 3.25. The van der Waals surface area contributed by atoms with E-state index >= 15 is 0 Å². The van der Waals surface area contributed by atoms with Crippen LogP contribution < -0.4 is 10.6 Å². The first kappa shape index (κ1) is 16.4. The fourth-order valence-electron chi connectivity index (χ4n) is 2.11. The smallest absolute Gasteiger partial charge is 0.227 e. The summed E-state index contributed by atoms with van der Waals surface area (Å²) in [5.41, 5.74) is 6.82. The zero-order valence-corrected chi connectivity index (χ0v) is 14.4. The number of nitrogens with two attached hydrogens (primary N) is 1. The summed E-state index contributed by atoms with van der Waals surface area (Å²) in [6.45, 7) is 4.06. The van der Waals surface area contributed by atoms with E-state index in [9.17, 15) is 8.42 Å². The molecule has 9 heteroatoms. The van der Waals surface area contributed by atoms with Crippen LogP contribution in [0.5, 0.6) is 0 Å². The van der Waals surface area contributed by atoms with E-state index in [-0.39, 0.29) is 10.7 Å². The minimum Gasteiger partial charge on any atom is -0.388 e. The van der Waals surface area contributed by atoms with Crippen LogP contribution in [0.1, 0.15) is 18.3 Å². The summed E-state index contributed by atoms with van der Waals surface area (Å²) >= 11 is 6.59. The molecule has 0 aromatic carbocycles. The maximum absolute atomic E-state index is 12.3. The number of thiocarbonyl (C=S) groups is 1. The van der Waals surface area contributed by atoms with Crippen molar-refractivity contribution in [1.82, 2.24) is 9.97 Å². The zero-order chi connectivity index (χ0) is 15.6. The molecule has 2 heterocycles. The summed E-state index contributed by atoms with van der Waals surface area (Å²) in [5.74, 6) is 1.86. The molecule has 116 valence electrons. The van der Waals surface area contributed by atoms with Crippen LogP contribution in [0.3, 0.4) is 0 Å². The number of sulfone groups is 1. The molecular formula is C12H18N4O2S3. The van der Waals surface area contributed by atoms with Gasteiger partial charge in [0.2, 0.25) is 5.95 Å². The lowest BCUT2D eigenvalue weighted by Gasteiger charge is -2.34. The van der Waals surface area contributed by atoms with Crippen LogP contribution >= 0.6 is 24.0 Å². The highest BCUT2D eigenvalue weighted by Crippen LogP contribution is 2.25. The van der Waals surface area contributed by atoms with E-state index in [0.29, 0.717) is 29.6 Å². The maximum Gasteiger partial charge on any atom is 0.227 e. The number of thioether (sulfide) groups is 1. The summed E-state index contributed by atoms with van der Waals surface area (Å²) in [6.07, 6.45) is 0. The number of hydrogen-bond donors (Lipinski definition) is 1. The van der Waals surface area contributed by atoms with Crippen LogP contribution in [0.2, 0.25) is 0 Å². The predicted molar refractivity (Wildman–Crippen MR) is 90.6 cm³/mol. The average molecular weight is 347 g/mol. The Hall–Kier alpha value is -0.930. The molecule has 1 saturated heterocycles. The van der Waals surface area contributed by atoms with Crippen molar-refractivity contribution in [2.75, 3.05) is 28.7 Å². The van der Waals surface area contributed by atoms with E-state index < -0.39 is 15.2 Å². The van der Waals surface area contributed by atoms with Crippen LogP contribution in [-0.4, -0.2) is 52.6 Å². The molecule has 0 radical (unpaired) electrons. The third-order valence-corrected chi connectivity index (χ3v) is 6.75. The zero-order valence-electron chi connectivity index (χ0n) is 11.9. The molecule has 1 aromatic heterocycles. The normalized spacial score (nSPS) is 19.5. The van der Waals surface area contributed by atoms with Crippen molar-refractivity contribution >= 4 is 44.8 Å². The third kappa shape index (κ3) is 3.64. The van der Waals surface area contributed by atoms with Gasteiger partial charge < -0.3 is 10.6 Å². The van der Waals surface area contributed by atoms with Gasteiger partial charge in [-0.05, 0) is 13.0 Å². The standard InChI is InChI=1S/C12H18N4O2S3/c1-3-21(17,18)10-7-20-5-4-16(10)12-14-8(2)6-9(15-12)11(13)19/h6,10H,3-5,7H2,1-2H3,(H2,13,19). The number of rotatable bonds is 4. The second-order valence-corrected chi connectivity index (χ2v) is 8.77. The molecule has 6 nitrogen and oxygen atoms in total. The number of nitrogens with zero attached hydrogens (tertiary/aromatic N) is 3. The van der Waals surface area contributed by atoms with Gasteiger partial charge in [0.25, 0.3) is 0 Å². The Morgan fingerprint density at radius 2 is 2.29 bits per heavy atom. The molecule has 21 heavy (non-hydrogen) atoms. The highest BCUT2D eigenvalue weighted by molar-refractivity contribution is 8.01. The number of aryl methyl sites for hydroxylation is 1. The van der Waals surface area contributed by atoms with Gasteiger partial charge in [-0.25, -0.2) is 18.4 Å². The molecule has 1 fully saturated rings. The highest BCUT2D eigenvalue weighted by Gasteiger charge is 2.34. The largest absolute Gasteiger partial charge is 0.388 e. The Morgan fingerprint density at radius 1 is 1.57 bits per heavy atom. The Bertz CT molecular complexity index is 648. The van der Waals surface area contributed by atoms with Gasteiger partial charge in [0.1, 0.15) is 16.1 Å². The van der Waals surface area contributed by atoms with Crippen molar-refractivity contribution in [3.05, 3.63) is 17.5 Å². The monoisotopic (exact) mass is 346 g/mol. The first-order chi connectivity index (χ1) is 9.85. The first-order valence-electron chi connectivity index (χ1n) is 6.56. The van der Waals surface area contributed by atoms with E-state index in [1.54, 1.807) is 29.7 Å². The van der Waals surface area contributed by atoms with Crippen LogP contribution in [0.15, 0.2) is 6.07 Å². The molecular weight excluding hydrogens is 328 g/mol. The molecule has 2 N–H and O–H groups in total. The minimum atomic E-state index is -3.20. The van der Waals surface area contributed by atoms with Gasteiger partial charge in [-0.2, -0.15) is 11.8 Å². The molecule has 1 aliphatic heterocycles. The summed E-state index contributed by atoms with van der Waals surface area (Å²) in [7, 11) is -3.20. The number of aromatic nitrogens is 2. The van der Waals surface area contributed by atoms with Gasteiger partial charge in [-0.3, -0.25) is 0 Å². The molecule has 1 unspecified atom stereocenters. The predicted octanol–water partition coefficient (Wildman–Crippen LogP) is 0.733. The van der Waals surface area contributed by atoms with Crippen molar-refractivity contribution < 1.29 is 8.42 Å². The number of anilines is 1. The molecule has 1 atom stereocenters. The number of hydrogen-bond acceptors (Lipinski definition) is 7. The highest BCUT2D eigenvalue weighted by atomic mass is 32.2. The van der Waals surface area contributed by atoms with E-state index in [1.807, 2.05) is 6.92 Å². The fraction of sp³-hybridized carbons (Fsp3) is 0.583. The SMILES string of the molecule is CCS(=O)(=O)C1CSCCN1c1nc(C)cc(C(N)=S)n1. The fourth-order valence-corrected chi connectivity index (χ4v) is 5.18. The maximum atomic E-state index is 12.3. The lowest BCUT2D eigenvalue weighted by Crippen LogP contribution is -2.48. The summed E-state index contributed by atoms with van der Waals surface area (Å²) < 4.78 is 24.6. The topological polar surface area (TPSA) is 89.2 Å². The van der Waals surface area contributed by atoms with E-state index in [2.05, 4.69) is 9.97 Å². The van der Waals surface area contributed by atoms with Gasteiger partial charge in [0, 0.05) is 29.5 Å². The summed E-state index contributed by atoms with van der Waals surface area (Å²) in [5, 5.41) is -0.595. The van der Waals surface area contributed by atoms with Crippen LogP contribution in [-0.2, 0) is 9.84 Å². The lowest BCUT2D eigenvalue weighted by atomic mass is 10.3. The van der Waals surface area contributed by atoms with E-state index in [0.717, 1.165) is 5.75 Å². The molecule has 0 spiro atoms. The van der Waals surface area contributed by atoms with Crippen molar-refractivity contribution in [3.8, 4) is 0 Å². The summed E-state index contributed by atoms with van der Waals surface area (Å²) in [6, 6.07) is 1.70. The van der Waals surface area contributed by atoms with Crippen molar-refractivity contribution in [1.29, 1.82) is 0 Å². The summed E-state index contributed by atoms with van der Waals surface area (Å²) in [4.78, 5) is 10.6. The second kappa shape index (κ2) is 6.45. The average Bonchev–Trinajstić information content (AvgIpc) is 2.46. The quantitative estimate of drug-likeness (QED) is 0.798. The molecule has 0 aliphatic carbocycles. The molecule has 0 bridgehead atoms. The van der Waals surface area contributed by atoms with Gasteiger partial charge >= 0.3 is 0 Å². The second-order valence-electron chi connectivity index (χ2n) is 4.73. The van der Waals surface area contributed by atoms with Crippen molar-refractivity contribution in [2.45, 2.75) is 19.2 Å². The van der Waals surface area contributed by atoms with E-state index in [4.69, 9.17) is 18.0 Å². The Kier molecular flexibility index (Phi) is 5.05. The lowest BCUT2D eigenvalue weighted by molar-refractivity contribution is 0.577. The van der Waals surface area contributed by atoms with Gasteiger partial charge in [0.15, 0.2) is 9.84 Å². The Balaban J connectivity index is 2.45. The molecule has 1 aliphatic rings. The van der Waals surface area contributed by atoms with Crippen LogP contribution in [0.4, 0.5) is 5.95 Å². The molecule has 1 aromatic rings. The van der Waals surface area contributed by atoms with Crippen LogP contribution in [0.25, 0.3) is 0 Å².